The third-order valence-electron chi connectivity index (χ3n) is 4.30. The lowest BCUT2D eigenvalue weighted by Gasteiger charge is -2.09. The van der Waals surface area contributed by atoms with Crippen LogP contribution in [0.3, 0.4) is 0 Å². The average molecular weight is 297 g/mol. The number of fused-ring (bicyclic) bond motifs is 2. The normalized spacial score (nSPS) is 11.0. The van der Waals surface area contributed by atoms with E-state index >= 15 is 0 Å². The van der Waals surface area contributed by atoms with Crippen molar-refractivity contribution in [3.8, 4) is 16.9 Å². The van der Waals surface area contributed by atoms with E-state index in [0.29, 0.717) is 0 Å². The molecule has 0 aliphatic rings. The number of hydrogen-bond donors (Lipinski definition) is 0. The highest BCUT2D eigenvalue weighted by Gasteiger charge is 2.06. The van der Waals surface area contributed by atoms with Crippen molar-refractivity contribution in [2.45, 2.75) is 6.92 Å². The third-order valence-corrected chi connectivity index (χ3v) is 4.30. The highest BCUT2D eigenvalue weighted by molar-refractivity contribution is 5.99. The highest BCUT2D eigenvalue weighted by Crippen LogP contribution is 2.32. The molecule has 23 heavy (non-hydrogen) atoms. The molecule has 0 unspecified atom stereocenters. The maximum Gasteiger partial charge on any atom is 0.119 e. The minimum absolute atomic E-state index is 0.878. The summed E-state index contributed by atoms with van der Waals surface area (Å²) in [6, 6.07) is 26.8. The molecule has 0 aromatic heterocycles. The van der Waals surface area contributed by atoms with E-state index in [2.05, 4.69) is 67.6 Å². The molecule has 0 amide bonds. The van der Waals surface area contributed by atoms with Gasteiger partial charge in [0, 0.05) is 0 Å². The molecular formula is C22H17O. The Morgan fingerprint density at radius 2 is 1.61 bits per heavy atom. The van der Waals surface area contributed by atoms with Crippen LogP contribution in [0.15, 0.2) is 66.7 Å². The van der Waals surface area contributed by atoms with E-state index in [9.17, 15) is 0 Å². The van der Waals surface area contributed by atoms with Gasteiger partial charge in [-0.1, -0.05) is 54.1 Å². The summed E-state index contributed by atoms with van der Waals surface area (Å²) in [5.74, 6) is 0.878. The number of rotatable bonds is 2. The van der Waals surface area contributed by atoms with E-state index < -0.39 is 0 Å². The molecule has 0 N–H and O–H groups in total. The predicted octanol–water partition coefficient (Wildman–Crippen LogP) is 5.78. The van der Waals surface area contributed by atoms with Gasteiger partial charge in [0.2, 0.25) is 0 Å². The van der Waals surface area contributed by atoms with Crippen LogP contribution in [0, 0.1) is 13.0 Å². The van der Waals surface area contributed by atoms with Crippen molar-refractivity contribution >= 4 is 21.5 Å². The summed E-state index contributed by atoms with van der Waals surface area (Å²) in [7, 11) is 1.70. The first-order valence-corrected chi connectivity index (χ1v) is 7.74. The second-order valence-corrected chi connectivity index (χ2v) is 5.87. The Balaban J connectivity index is 1.93. The third kappa shape index (κ3) is 2.44. The van der Waals surface area contributed by atoms with E-state index in [1.165, 1.54) is 32.7 Å². The van der Waals surface area contributed by atoms with E-state index in [4.69, 9.17) is 4.74 Å². The summed E-state index contributed by atoms with van der Waals surface area (Å²) in [5.41, 5.74) is 3.61. The monoisotopic (exact) mass is 297 g/mol. The molecule has 0 spiro atoms. The van der Waals surface area contributed by atoms with Gasteiger partial charge in [-0.15, -0.1) is 0 Å². The van der Waals surface area contributed by atoms with E-state index in [1.54, 1.807) is 7.11 Å². The number of benzene rings is 4. The lowest BCUT2D eigenvalue weighted by molar-refractivity contribution is 0.415. The zero-order valence-corrected chi connectivity index (χ0v) is 13.3. The van der Waals surface area contributed by atoms with Gasteiger partial charge in [0.15, 0.2) is 0 Å². The molecule has 0 fully saturated rings. The molecule has 0 atom stereocenters. The molecule has 0 saturated carbocycles. The van der Waals surface area contributed by atoms with Crippen LogP contribution in [0.5, 0.6) is 5.75 Å². The summed E-state index contributed by atoms with van der Waals surface area (Å²) in [5, 5.41) is 4.89. The summed E-state index contributed by atoms with van der Waals surface area (Å²) in [6.07, 6.45) is 0. The zero-order valence-electron chi connectivity index (χ0n) is 13.3. The van der Waals surface area contributed by atoms with Crippen LogP contribution in [0.4, 0.5) is 0 Å². The van der Waals surface area contributed by atoms with Crippen LogP contribution in [-0.2, 0) is 0 Å². The Kier molecular flexibility index (Phi) is 3.27. The lowest BCUT2D eigenvalue weighted by atomic mass is 9.96. The lowest BCUT2D eigenvalue weighted by Crippen LogP contribution is -1.86. The maximum absolute atomic E-state index is 5.33. The standard InChI is InChI=1S/C22H17O/c1-15-6-7-17-13-19(9-8-16(17)12-15)21-5-3-4-18-14-20(23-2)10-11-22(18)21/h3-4,6-14H,1-2H3. The molecule has 0 aliphatic carbocycles. The van der Waals surface area contributed by atoms with Gasteiger partial charge in [-0.25, -0.2) is 0 Å². The van der Waals surface area contributed by atoms with Crippen molar-refractivity contribution in [1.29, 1.82) is 0 Å². The van der Waals surface area contributed by atoms with Crippen molar-refractivity contribution in [2.75, 3.05) is 7.11 Å². The van der Waals surface area contributed by atoms with E-state index in [0.717, 1.165) is 11.3 Å². The summed E-state index contributed by atoms with van der Waals surface area (Å²) >= 11 is 0. The van der Waals surface area contributed by atoms with Crippen LogP contribution in [-0.4, -0.2) is 7.11 Å². The molecular weight excluding hydrogens is 280 g/mol. The second-order valence-electron chi connectivity index (χ2n) is 5.87. The second kappa shape index (κ2) is 5.44. The summed E-state index contributed by atoms with van der Waals surface area (Å²) < 4.78 is 5.33. The molecule has 0 aliphatic heterocycles. The van der Waals surface area contributed by atoms with Gasteiger partial charge in [0.05, 0.1) is 7.11 Å². The first-order valence-electron chi connectivity index (χ1n) is 7.74. The van der Waals surface area contributed by atoms with Gasteiger partial charge in [-0.05, 0) is 63.9 Å². The number of aryl methyl sites for hydroxylation is 1. The molecule has 1 nitrogen and oxygen atoms in total. The number of methoxy groups -OCH3 is 1. The number of ether oxygens (including phenoxy) is 1. The smallest absolute Gasteiger partial charge is 0.119 e. The van der Waals surface area contributed by atoms with E-state index in [1.807, 2.05) is 12.1 Å². The Labute approximate surface area is 136 Å². The SMILES string of the molecule is COc1ccc2c(-c3ccc4cc(C)ccc4c3)[c]ccc2c1. The summed E-state index contributed by atoms with van der Waals surface area (Å²) in [4.78, 5) is 0. The van der Waals surface area contributed by atoms with Gasteiger partial charge in [0.1, 0.15) is 5.75 Å². The van der Waals surface area contributed by atoms with Crippen molar-refractivity contribution < 1.29 is 4.74 Å². The molecule has 4 aromatic carbocycles. The Morgan fingerprint density at radius 1 is 0.783 bits per heavy atom. The van der Waals surface area contributed by atoms with Gasteiger partial charge in [-0.2, -0.15) is 0 Å². The van der Waals surface area contributed by atoms with Gasteiger partial charge >= 0.3 is 0 Å². The van der Waals surface area contributed by atoms with Crippen molar-refractivity contribution in [1.82, 2.24) is 0 Å². The van der Waals surface area contributed by atoms with Crippen LogP contribution in [0.1, 0.15) is 5.56 Å². The van der Waals surface area contributed by atoms with Crippen molar-refractivity contribution in [3.05, 3.63) is 78.4 Å². The fourth-order valence-electron chi connectivity index (χ4n) is 3.09. The van der Waals surface area contributed by atoms with Crippen molar-refractivity contribution in [2.24, 2.45) is 0 Å². The van der Waals surface area contributed by atoms with Crippen molar-refractivity contribution in [3.63, 3.8) is 0 Å². The largest absolute Gasteiger partial charge is 0.497 e. The molecule has 0 saturated heterocycles. The molecule has 1 heteroatoms. The summed E-state index contributed by atoms with van der Waals surface area (Å²) in [6.45, 7) is 2.12. The Hall–Kier alpha value is -2.80. The Morgan fingerprint density at radius 3 is 2.48 bits per heavy atom. The molecule has 1 radical (unpaired) electrons. The minimum atomic E-state index is 0.878. The van der Waals surface area contributed by atoms with Crippen LogP contribution >= 0.6 is 0 Å². The molecule has 0 heterocycles. The van der Waals surface area contributed by atoms with Crippen LogP contribution < -0.4 is 4.74 Å². The van der Waals surface area contributed by atoms with E-state index in [-0.39, 0.29) is 0 Å². The van der Waals surface area contributed by atoms with Gasteiger partial charge in [0.25, 0.3) is 0 Å². The number of hydrogen-bond acceptors (Lipinski definition) is 1. The highest BCUT2D eigenvalue weighted by atomic mass is 16.5. The predicted molar refractivity (Wildman–Crippen MR) is 97.0 cm³/mol. The maximum atomic E-state index is 5.33. The first kappa shape index (κ1) is 13.8. The minimum Gasteiger partial charge on any atom is -0.497 e. The van der Waals surface area contributed by atoms with Gasteiger partial charge < -0.3 is 4.74 Å². The first-order chi connectivity index (χ1) is 11.2. The fourth-order valence-corrected chi connectivity index (χ4v) is 3.09. The zero-order chi connectivity index (χ0) is 15.8. The molecule has 0 bridgehead atoms. The topological polar surface area (TPSA) is 9.23 Å². The molecule has 4 rings (SSSR count). The average Bonchev–Trinajstić information content (AvgIpc) is 2.60. The fraction of sp³-hybridized carbons (Fsp3) is 0.0909. The Bertz CT molecular complexity index is 1010. The molecule has 4 aromatic rings. The van der Waals surface area contributed by atoms with Crippen LogP contribution in [0.25, 0.3) is 32.7 Å². The van der Waals surface area contributed by atoms with Gasteiger partial charge in [-0.3, -0.25) is 0 Å². The quantitative estimate of drug-likeness (QED) is 0.456. The molecule has 111 valence electrons. The van der Waals surface area contributed by atoms with Crippen LogP contribution in [0.2, 0.25) is 0 Å².